The average Bonchev–Trinajstić information content (AvgIpc) is 2.27. The Labute approximate surface area is 110 Å². The number of hydrogen-bond donors (Lipinski definition) is 0. The molecule has 0 aliphatic carbocycles. The van der Waals surface area contributed by atoms with E-state index in [0.29, 0.717) is 12.3 Å². The zero-order chi connectivity index (χ0) is 13.3. The molecule has 18 heavy (non-hydrogen) atoms. The van der Waals surface area contributed by atoms with Crippen LogP contribution in [0.2, 0.25) is 0 Å². The minimum atomic E-state index is -0.248. The first-order valence-corrected chi connectivity index (χ1v) is 6.76. The van der Waals surface area contributed by atoms with E-state index in [1.807, 2.05) is 20.8 Å². The Morgan fingerprint density at radius 1 is 1.33 bits per heavy atom. The summed E-state index contributed by atoms with van der Waals surface area (Å²) >= 11 is 0. The normalized spacial score (nSPS) is 15.4. The molecule has 0 amide bonds. The summed E-state index contributed by atoms with van der Waals surface area (Å²) < 4.78 is 0. The molecule has 1 aromatic carbocycles. The molecule has 2 heteroatoms. The molecule has 98 valence electrons. The Bertz CT molecular complexity index is 457. The van der Waals surface area contributed by atoms with Crippen LogP contribution in [0.15, 0.2) is 18.2 Å². The molecule has 0 unspecified atom stereocenters. The van der Waals surface area contributed by atoms with Gasteiger partial charge in [0.1, 0.15) is 0 Å². The summed E-state index contributed by atoms with van der Waals surface area (Å²) in [6.45, 7) is 9.65. The maximum absolute atomic E-state index is 12.2. The molecule has 0 spiro atoms. The Hall–Kier alpha value is -1.31. The van der Waals surface area contributed by atoms with Gasteiger partial charge >= 0.3 is 0 Å². The second-order valence-corrected chi connectivity index (χ2v) is 6.33. The maximum Gasteiger partial charge on any atom is 0.157 e. The fraction of sp³-hybridized carbons (Fsp3) is 0.562. The van der Waals surface area contributed by atoms with Crippen molar-refractivity contribution in [2.45, 2.75) is 40.5 Å². The molecular formula is C16H23NO. The van der Waals surface area contributed by atoms with Crippen molar-refractivity contribution in [3.8, 4) is 0 Å². The lowest BCUT2D eigenvalue weighted by Crippen LogP contribution is -2.38. The lowest BCUT2D eigenvalue weighted by molar-refractivity contribution is -0.124. The minimum Gasteiger partial charge on any atom is -0.364 e. The Balaban J connectivity index is 2.21. The third-order valence-electron chi connectivity index (χ3n) is 3.62. The molecular weight excluding hydrogens is 222 g/mol. The van der Waals surface area contributed by atoms with E-state index in [4.69, 9.17) is 0 Å². The largest absolute Gasteiger partial charge is 0.364 e. The van der Waals surface area contributed by atoms with Gasteiger partial charge in [-0.25, -0.2) is 0 Å². The van der Waals surface area contributed by atoms with Gasteiger partial charge in [-0.15, -0.1) is 0 Å². The van der Waals surface area contributed by atoms with E-state index in [1.165, 1.54) is 16.8 Å². The van der Waals surface area contributed by atoms with E-state index < -0.39 is 0 Å². The number of ketones is 1. The van der Waals surface area contributed by atoms with E-state index in [2.05, 4.69) is 30.0 Å². The van der Waals surface area contributed by atoms with Crippen molar-refractivity contribution in [1.82, 2.24) is 0 Å². The van der Waals surface area contributed by atoms with Crippen molar-refractivity contribution < 1.29 is 4.79 Å². The fourth-order valence-electron chi connectivity index (χ4n) is 2.38. The quantitative estimate of drug-likeness (QED) is 0.796. The first kappa shape index (κ1) is 13.1. The second-order valence-electron chi connectivity index (χ2n) is 6.33. The summed E-state index contributed by atoms with van der Waals surface area (Å²) in [7, 11) is 0. The Kier molecular flexibility index (Phi) is 3.47. The second kappa shape index (κ2) is 4.75. The zero-order valence-corrected chi connectivity index (χ0v) is 11.9. The molecule has 0 radical (unpaired) electrons. The standard InChI is InChI=1S/C16H23NO/c1-12-7-8-14-13(10-12)6-5-9-17(14)11-15(18)16(2,3)4/h7-8,10H,5-6,9,11H2,1-4H3. The summed E-state index contributed by atoms with van der Waals surface area (Å²) in [5, 5.41) is 0. The van der Waals surface area contributed by atoms with E-state index in [0.717, 1.165) is 19.4 Å². The maximum atomic E-state index is 12.2. The number of carbonyl (C=O) groups excluding carboxylic acids is 1. The van der Waals surface area contributed by atoms with Crippen LogP contribution < -0.4 is 4.90 Å². The van der Waals surface area contributed by atoms with Crippen LogP contribution in [0.3, 0.4) is 0 Å². The van der Waals surface area contributed by atoms with Gasteiger partial charge in [-0.1, -0.05) is 38.5 Å². The summed E-state index contributed by atoms with van der Waals surface area (Å²) in [5.74, 6) is 0.316. The molecule has 0 saturated heterocycles. The van der Waals surface area contributed by atoms with E-state index >= 15 is 0 Å². The monoisotopic (exact) mass is 245 g/mol. The van der Waals surface area contributed by atoms with Crippen LogP contribution in [0, 0.1) is 12.3 Å². The van der Waals surface area contributed by atoms with Crippen molar-refractivity contribution in [2.75, 3.05) is 18.0 Å². The third kappa shape index (κ3) is 2.74. The van der Waals surface area contributed by atoms with Gasteiger partial charge in [0.15, 0.2) is 5.78 Å². The van der Waals surface area contributed by atoms with Gasteiger partial charge in [-0.05, 0) is 31.4 Å². The number of carbonyl (C=O) groups is 1. The van der Waals surface area contributed by atoms with Crippen LogP contribution in [0.5, 0.6) is 0 Å². The average molecular weight is 245 g/mol. The molecule has 0 aromatic heterocycles. The highest BCUT2D eigenvalue weighted by atomic mass is 16.1. The van der Waals surface area contributed by atoms with Crippen molar-refractivity contribution in [3.05, 3.63) is 29.3 Å². The van der Waals surface area contributed by atoms with Crippen LogP contribution in [-0.4, -0.2) is 18.9 Å². The van der Waals surface area contributed by atoms with Crippen LogP contribution in [0.1, 0.15) is 38.3 Å². The Morgan fingerprint density at radius 3 is 2.72 bits per heavy atom. The van der Waals surface area contributed by atoms with E-state index in [9.17, 15) is 4.79 Å². The number of benzene rings is 1. The van der Waals surface area contributed by atoms with Gasteiger partial charge in [-0.2, -0.15) is 0 Å². The lowest BCUT2D eigenvalue weighted by atomic mass is 9.89. The number of anilines is 1. The van der Waals surface area contributed by atoms with Gasteiger partial charge in [-0.3, -0.25) is 4.79 Å². The number of hydrogen-bond acceptors (Lipinski definition) is 2. The highest BCUT2D eigenvalue weighted by molar-refractivity contribution is 5.88. The van der Waals surface area contributed by atoms with E-state index in [1.54, 1.807) is 0 Å². The van der Waals surface area contributed by atoms with Crippen LogP contribution in [0.25, 0.3) is 0 Å². The molecule has 2 rings (SSSR count). The summed E-state index contributed by atoms with van der Waals surface area (Å²) in [5.41, 5.74) is 3.70. The summed E-state index contributed by atoms with van der Waals surface area (Å²) in [6.07, 6.45) is 2.28. The lowest BCUT2D eigenvalue weighted by Gasteiger charge is -2.33. The molecule has 1 aliphatic heterocycles. The van der Waals surface area contributed by atoms with Gasteiger partial charge < -0.3 is 4.90 Å². The Morgan fingerprint density at radius 2 is 2.06 bits per heavy atom. The van der Waals surface area contributed by atoms with Crippen LogP contribution >= 0.6 is 0 Å². The molecule has 0 saturated carbocycles. The van der Waals surface area contributed by atoms with Crippen molar-refractivity contribution in [2.24, 2.45) is 5.41 Å². The number of fused-ring (bicyclic) bond motifs is 1. The summed E-state index contributed by atoms with van der Waals surface area (Å²) in [4.78, 5) is 14.4. The number of nitrogens with zero attached hydrogens (tertiary/aromatic N) is 1. The highest BCUT2D eigenvalue weighted by Crippen LogP contribution is 2.28. The topological polar surface area (TPSA) is 20.3 Å². The first-order valence-electron chi connectivity index (χ1n) is 6.76. The first-order chi connectivity index (χ1) is 8.38. The van der Waals surface area contributed by atoms with Crippen molar-refractivity contribution in [1.29, 1.82) is 0 Å². The number of aryl methyl sites for hydroxylation is 2. The number of rotatable bonds is 2. The van der Waals surface area contributed by atoms with Gasteiger partial charge in [0.05, 0.1) is 6.54 Å². The van der Waals surface area contributed by atoms with Crippen LogP contribution in [-0.2, 0) is 11.2 Å². The molecule has 0 fully saturated rings. The van der Waals surface area contributed by atoms with Crippen LogP contribution in [0.4, 0.5) is 5.69 Å². The predicted octanol–water partition coefficient (Wildman–Crippen LogP) is 3.36. The molecule has 0 N–H and O–H groups in total. The third-order valence-corrected chi connectivity index (χ3v) is 3.62. The predicted molar refractivity (Wildman–Crippen MR) is 76.2 cm³/mol. The molecule has 0 bridgehead atoms. The SMILES string of the molecule is Cc1ccc2c(c1)CCCN2CC(=O)C(C)(C)C. The van der Waals surface area contributed by atoms with Gasteiger partial charge in [0.2, 0.25) is 0 Å². The number of Topliss-reactive ketones (excluding diaryl/α,β-unsaturated/α-hetero) is 1. The molecule has 0 atom stereocenters. The van der Waals surface area contributed by atoms with E-state index in [-0.39, 0.29) is 5.41 Å². The van der Waals surface area contributed by atoms with Crippen molar-refractivity contribution >= 4 is 11.5 Å². The highest BCUT2D eigenvalue weighted by Gasteiger charge is 2.25. The molecule has 1 aliphatic rings. The van der Waals surface area contributed by atoms with Crippen molar-refractivity contribution in [3.63, 3.8) is 0 Å². The van der Waals surface area contributed by atoms with Gasteiger partial charge in [0.25, 0.3) is 0 Å². The van der Waals surface area contributed by atoms with Gasteiger partial charge in [0, 0.05) is 17.6 Å². The smallest absolute Gasteiger partial charge is 0.157 e. The zero-order valence-electron chi connectivity index (χ0n) is 11.9. The molecule has 1 aromatic rings. The molecule has 1 heterocycles. The minimum absolute atomic E-state index is 0.248. The molecule has 2 nitrogen and oxygen atoms in total. The fourth-order valence-corrected chi connectivity index (χ4v) is 2.38. The summed E-state index contributed by atoms with van der Waals surface area (Å²) in [6, 6.07) is 6.56.